The zero-order valence-electron chi connectivity index (χ0n) is 16.2. The highest BCUT2D eigenvalue weighted by atomic mass is 32.2. The molecule has 2 aromatic carbocycles. The highest BCUT2D eigenvalue weighted by Gasteiger charge is 2.28. The SMILES string of the molecule is N#Cc1ccc(CSc2nnc(NC(=O)c3ccc(N4CCCS4(=O)=O)cc3)s2)cc1. The average Bonchev–Trinajstić information content (AvgIpc) is 3.38. The molecule has 1 aromatic heterocycles. The summed E-state index contributed by atoms with van der Waals surface area (Å²) in [5, 5.41) is 20.0. The van der Waals surface area contributed by atoms with E-state index in [1.54, 1.807) is 36.4 Å². The van der Waals surface area contributed by atoms with Gasteiger partial charge in [0, 0.05) is 17.9 Å². The number of carbonyl (C=O) groups excluding carboxylic acids is 1. The van der Waals surface area contributed by atoms with E-state index in [0.717, 1.165) is 5.56 Å². The van der Waals surface area contributed by atoms with Crippen LogP contribution in [0.15, 0.2) is 52.9 Å². The van der Waals surface area contributed by atoms with Gasteiger partial charge in [-0.2, -0.15) is 5.26 Å². The van der Waals surface area contributed by atoms with Gasteiger partial charge in [-0.1, -0.05) is 35.2 Å². The van der Waals surface area contributed by atoms with Crippen LogP contribution in [0.4, 0.5) is 10.8 Å². The van der Waals surface area contributed by atoms with Crippen LogP contribution in [0.5, 0.6) is 0 Å². The lowest BCUT2D eigenvalue weighted by molar-refractivity contribution is 0.102. The number of hydrogen-bond donors (Lipinski definition) is 1. The van der Waals surface area contributed by atoms with E-state index in [9.17, 15) is 13.2 Å². The second kappa shape index (κ2) is 9.05. The minimum absolute atomic E-state index is 0.151. The molecule has 1 amide bonds. The molecule has 0 spiro atoms. The standard InChI is InChI=1S/C20H17N5O3S3/c21-12-14-2-4-15(5-3-14)13-29-20-24-23-19(30-20)22-18(26)16-6-8-17(9-7-16)25-10-1-11-31(25,27)28/h2-9H,1,10-11,13H2,(H,22,23,26). The van der Waals surface area contributed by atoms with Gasteiger partial charge >= 0.3 is 0 Å². The minimum Gasteiger partial charge on any atom is -0.296 e. The maximum Gasteiger partial charge on any atom is 0.257 e. The van der Waals surface area contributed by atoms with E-state index in [0.29, 0.717) is 45.0 Å². The van der Waals surface area contributed by atoms with E-state index in [1.807, 2.05) is 12.1 Å². The number of benzene rings is 2. The fourth-order valence-corrected chi connectivity index (χ4v) is 6.28. The lowest BCUT2D eigenvalue weighted by atomic mass is 10.2. The smallest absolute Gasteiger partial charge is 0.257 e. The molecule has 1 N–H and O–H groups in total. The Labute approximate surface area is 188 Å². The summed E-state index contributed by atoms with van der Waals surface area (Å²) in [6, 6.07) is 15.9. The van der Waals surface area contributed by atoms with Crippen molar-refractivity contribution in [3.05, 3.63) is 65.2 Å². The first-order chi connectivity index (χ1) is 14.9. The molecule has 0 atom stereocenters. The summed E-state index contributed by atoms with van der Waals surface area (Å²) in [6.07, 6.45) is 0.604. The molecule has 2 heterocycles. The molecule has 0 saturated carbocycles. The van der Waals surface area contributed by atoms with Gasteiger partial charge in [-0.15, -0.1) is 10.2 Å². The molecular weight excluding hydrogens is 454 g/mol. The Hall–Kier alpha value is -2.94. The van der Waals surface area contributed by atoms with Crippen LogP contribution in [-0.2, 0) is 15.8 Å². The molecule has 8 nitrogen and oxygen atoms in total. The topological polar surface area (TPSA) is 116 Å². The molecule has 1 aliphatic heterocycles. The van der Waals surface area contributed by atoms with Gasteiger partial charge in [-0.05, 0) is 48.4 Å². The lowest BCUT2D eigenvalue weighted by Crippen LogP contribution is -2.25. The van der Waals surface area contributed by atoms with E-state index in [-0.39, 0.29) is 11.7 Å². The quantitative estimate of drug-likeness (QED) is 0.432. The van der Waals surface area contributed by atoms with Crippen LogP contribution in [0.1, 0.15) is 27.9 Å². The highest BCUT2D eigenvalue weighted by Crippen LogP contribution is 2.29. The van der Waals surface area contributed by atoms with Crippen LogP contribution < -0.4 is 9.62 Å². The molecule has 0 bridgehead atoms. The third kappa shape index (κ3) is 5.04. The van der Waals surface area contributed by atoms with Crippen molar-refractivity contribution in [2.24, 2.45) is 0 Å². The first-order valence-corrected chi connectivity index (χ1v) is 12.7. The number of amides is 1. The van der Waals surface area contributed by atoms with Gasteiger partial charge in [0.05, 0.1) is 23.1 Å². The summed E-state index contributed by atoms with van der Waals surface area (Å²) in [7, 11) is -3.25. The van der Waals surface area contributed by atoms with Crippen molar-refractivity contribution in [1.82, 2.24) is 10.2 Å². The van der Waals surface area contributed by atoms with Crippen molar-refractivity contribution >= 4 is 49.8 Å². The van der Waals surface area contributed by atoms with E-state index < -0.39 is 10.0 Å². The Bertz CT molecular complexity index is 1230. The van der Waals surface area contributed by atoms with Gasteiger partial charge in [-0.3, -0.25) is 14.4 Å². The Balaban J connectivity index is 1.34. The van der Waals surface area contributed by atoms with E-state index in [2.05, 4.69) is 21.6 Å². The predicted octanol–water partition coefficient (Wildman–Crippen LogP) is 3.49. The molecule has 0 aliphatic carbocycles. The summed E-state index contributed by atoms with van der Waals surface area (Å²) in [4.78, 5) is 12.5. The largest absolute Gasteiger partial charge is 0.296 e. The monoisotopic (exact) mass is 471 g/mol. The highest BCUT2D eigenvalue weighted by molar-refractivity contribution is 8.00. The Morgan fingerprint density at radius 2 is 1.90 bits per heavy atom. The van der Waals surface area contributed by atoms with Crippen molar-refractivity contribution in [2.75, 3.05) is 21.9 Å². The van der Waals surface area contributed by atoms with Gasteiger partial charge < -0.3 is 0 Å². The zero-order chi connectivity index (χ0) is 21.8. The first kappa shape index (κ1) is 21.3. The lowest BCUT2D eigenvalue weighted by Gasteiger charge is -2.16. The van der Waals surface area contributed by atoms with Gasteiger partial charge in [0.2, 0.25) is 15.2 Å². The third-order valence-corrected chi connectivity index (χ3v) is 8.50. The number of nitrogens with zero attached hydrogens (tertiary/aromatic N) is 4. The molecule has 31 heavy (non-hydrogen) atoms. The number of sulfonamides is 1. The second-order valence-corrected chi connectivity index (χ2v) is 10.9. The Morgan fingerprint density at radius 3 is 2.55 bits per heavy atom. The molecule has 3 aromatic rings. The third-order valence-electron chi connectivity index (χ3n) is 4.59. The molecule has 11 heteroatoms. The molecular formula is C20H17N5O3S3. The molecule has 0 unspecified atom stereocenters. The number of thioether (sulfide) groups is 1. The summed E-state index contributed by atoms with van der Waals surface area (Å²) in [6.45, 7) is 0.460. The minimum atomic E-state index is -3.25. The molecule has 4 rings (SSSR count). The van der Waals surface area contributed by atoms with Crippen LogP contribution >= 0.6 is 23.1 Å². The summed E-state index contributed by atoms with van der Waals surface area (Å²) in [5.74, 6) is 0.489. The summed E-state index contributed by atoms with van der Waals surface area (Å²) >= 11 is 2.77. The fraction of sp³-hybridized carbons (Fsp3) is 0.200. The van der Waals surface area contributed by atoms with E-state index >= 15 is 0 Å². The van der Waals surface area contributed by atoms with Gasteiger partial charge in [-0.25, -0.2) is 8.42 Å². The predicted molar refractivity (Wildman–Crippen MR) is 121 cm³/mol. The van der Waals surface area contributed by atoms with Crippen LogP contribution in [0.3, 0.4) is 0 Å². The van der Waals surface area contributed by atoms with E-state index in [1.165, 1.54) is 27.4 Å². The first-order valence-electron chi connectivity index (χ1n) is 9.32. The Morgan fingerprint density at radius 1 is 1.16 bits per heavy atom. The number of nitrogens with one attached hydrogen (secondary N) is 1. The van der Waals surface area contributed by atoms with Gasteiger partial charge in [0.1, 0.15) is 0 Å². The molecule has 1 saturated heterocycles. The average molecular weight is 472 g/mol. The van der Waals surface area contributed by atoms with Crippen molar-refractivity contribution in [3.8, 4) is 6.07 Å². The normalized spacial score (nSPS) is 14.9. The molecule has 158 valence electrons. The number of hydrogen-bond acceptors (Lipinski definition) is 8. The van der Waals surface area contributed by atoms with Crippen molar-refractivity contribution in [3.63, 3.8) is 0 Å². The second-order valence-electron chi connectivity index (χ2n) is 6.71. The van der Waals surface area contributed by atoms with Crippen LogP contribution in [0.25, 0.3) is 0 Å². The van der Waals surface area contributed by atoms with Gasteiger partial charge in [0.25, 0.3) is 5.91 Å². The fourth-order valence-electron chi connectivity index (χ4n) is 3.02. The van der Waals surface area contributed by atoms with Crippen LogP contribution in [-0.4, -0.2) is 36.8 Å². The number of aromatic nitrogens is 2. The van der Waals surface area contributed by atoms with Crippen molar-refractivity contribution < 1.29 is 13.2 Å². The van der Waals surface area contributed by atoms with E-state index in [4.69, 9.17) is 5.26 Å². The number of rotatable bonds is 6. The number of anilines is 2. The molecule has 0 radical (unpaired) electrons. The van der Waals surface area contributed by atoms with Crippen molar-refractivity contribution in [1.29, 1.82) is 5.26 Å². The zero-order valence-corrected chi connectivity index (χ0v) is 18.6. The number of nitriles is 1. The van der Waals surface area contributed by atoms with Crippen LogP contribution in [0.2, 0.25) is 0 Å². The molecule has 1 fully saturated rings. The van der Waals surface area contributed by atoms with Crippen molar-refractivity contribution in [2.45, 2.75) is 16.5 Å². The summed E-state index contributed by atoms with van der Waals surface area (Å²) < 4.78 is 26.1. The maximum atomic E-state index is 12.5. The Kier molecular flexibility index (Phi) is 6.22. The maximum absolute atomic E-state index is 12.5. The number of carbonyl (C=O) groups is 1. The molecule has 1 aliphatic rings. The summed E-state index contributed by atoms with van der Waals surface area (Å²) in [5.41, 5.74) is 2.64. The van der Waals surface area contributed by atoms with Crippen LogP contribution in [0, 0.1) is 11.3 Å². The van der Waals surface area contributed by atoms with Gasteiger partial charge in [0.15, 0.2) is 4.34 Å².